The first-order valence-corrected chi connectivity index (χ1v) is 10.1. The van der Waals surface area contributed by atoms with Crippen LogP contribution in [0.3, 0.4) is 0 Å². The average Bonchev–Trinajstić information content (AvgIpc) is 3.08. The molecule has 0 aliphatic carbocycles. The molecule has 0 amide bonds. The second kappa shape index (κ2) is 7.35. The fourth-order valence-corrected chi connectivity index (χ4v) is 3.41. The lowest BCUT2D eigenvalue weighted by Gasteiger charge is -2.18. The molecule has 0 saturated heterocycles. The SMILES string of the molecule is CC(C)(C)c1ccc2nccnc2c1.CC(C)(C)c1ccc2scnc2c1. The molecule has 0 saturated carbocycles. The molecular formula is C23H27N3S. The van der Waals surface area contributed by atoms with Crippen molar-refractivity contribution in [2.45, 2.75) is 52.4 Å². The maximum atomic E-state index is 4.31. The van der Waals surface area contributed by atoms with Crippen LogP contribution in [0.5, 0.6) is 0 Å². The highest BCUT2D eigenvalue weighted by Gasteiger charge is 2.14. The van der Waals surface area contributed by atoms with Gasteiger partial charge in [0, 0.05) is 12.4 Å². The van der Waals surface area contributed by atoms with E-state index in [1.165, 1.54) is 15.8 Å². The first-order valence-electron chi connectivity index (χ1n) is 9.19. The Morgan fingerprint density at radius 2 is 1.19 bits per heavy atom. The summed E-state index contributed by atoms with van der Waals surface area (Å²) in [6.07, 6.45) is 3.45. The van der Waals surface area contributed by atoms with Crippen molar-refractivity contribution in [1.82, 2.24) is 15.0 Å². The highest BCUT2D eigenvalue weighted by atomic mass is 32.1. The molecule has 3 nitrogen and oxygen atoms in total. The molecule has 0 aliphatic rings. The monoisotopic (exact) mass is 377 g/mol. The zero-order chi connectivity index (χ0) is 19.7. The molecule has 4 rings (SSSR count). The number of nitrogens with zero attached hydrogens (tertiary/aromatic N) is 3. The van der Waals surface area contributed by atoms with Crippen LogP contribution in [-0.4, -0.2) is 15.0 Å². The molecule has 0 aliphatic heterocycles. The van der Waals surface area contributed by atoms with Crippen LogP contribution < -0.4 is 0 Å². The molecule has 2 aromatic heterocycles. The molecule has 0 atom stereocenters. The van der Waals surface area contributed by atoms with E-state index >= 15 is 0 Å². The Balaban J connectivity index is 0.000000156. The Morgan fingerprint density at radius 1 is 0.630 bits per heavy atom. The fourth-order valence-electron chi connectivity index (χ4n) is 2.75. The summed E-state index contributed by atoms with van der Waals surface area (Å²) in [6.45, 7) is 13.3. The molecule has 0 fully saturated rings. The zero-order valence-corrected chi connectivity index (χ0v) is 17.8. The van der Waals surface area contributed by atoms with Gasteiger partial charge in [0.05, 0.1) is 26.8 Å². The summed E-state index contributed by atoms with van der Waals surface area (Å²) in [5.41, 5.74) is 8.00. The van der Waals surface area contributed by atoms with E-state index in [4.69, 9.17) is 0 Å². The highest BCUT2D eigenvalue weighted by molar-refractivity contribution is 7.16. The number of thiazole rings is 1. The third kappa shape index (κ3) is 4.69. The molecular weight excluding hydrogens is 350 g/mol. The van der Waals surface area contributed by atoms with Crippen molar-refractivity contribution in [3.63, 3.8) is 0 Å². The minimum Gasteiger partial charge on any atom is -0.253 e. The van der Waals surface area contributed by atoms with E-state index in [1.807, 2.05) is 11.6 Å². The minimum absolute atomic E-state index is 0.172. The molecule has 0 spiro atoms. The maximum Gasteiger partial charge on any atom is 0.0889 e. The molecule has 0 bridgehead atoms. The highest BCUT2D eigenvalue weighted by Crippen LogP contribution is 2.27. The van der Waals surface area contributed by atoms with E-state index in [0.717, 1.165) is 16.6 Å². The summed E-state index contributed by atoms with van der Waals surface area (Å²) in [4.78, 5) is 12.8. The summed E-state index contributed by atoms with van der Waals surface area (Å²) in [5, 5.41) is 0. The predicted octanol–water partition coefficient (Wildman–Crippen LogP) is 6.52. The Kier molecular flexibility index (Phi) is 5.29. The van der Waals surface area contributed by atoms with E-state index in [1.54, 1.807) is 23.7 Å². The minimum atomic E-state index is 0.172. The molecule has 2 aromatic carbocycles. The van der Waals surface area contributed by atoms with Crippen molar-refractivity contribution in [1.29, 1.82) is 0 Å². The molecule has 140 valence electrons. The topological polar surface area (TPSA) is 38.7 Å². The zero-order valence-electron chi connectivity index (χ0n) is 16.9. The van der Waals surface area contributed by atoms with Crippen LogP contribution in [-0.2, 0) is 10.8 Å². The summed E-state index contributed by atoms with van der Waals surface area (Å²) < 4.78 is 1.27. The van der Waals surface area contributed by atoms with Gasteiger partial charge in [-0.15, -0.1) is 11.3 Å². The van der Waals surface area contributed by atoms with Crippen LogP contribution in [0.15, 0.2) is 54.3 Å². The normalized spacial score (nSPS) is 12.1. The van der Waals surface area contributed by atoms with E-state index in [0.29, 0.717) is 0 Å². The summed E-state index contributed by atoms with van der Waals surface area (Å²) in [6, 6.07) is 12.8. The van der Waals surface area contributed by atoms with Crippen molar-refractivity contribution >= 4 is 32.6 Å². The third-order valence-electron chi connectivity index (χ3n) is 4.53. The van der Waals surface area contributed by atoms with Gasteiger partial charge in [0.2, 0.25) is 0 Å². The van der Waals surface area contributed by atoms with Crippen molar-refractivity contribution < 1.29 is 0 Å². The van der Waals surface area contributed by atoms with Crippen molar-refractivity contribution in [3.05, 3.63) is 65.4 Å². The lowest BCUT2D eigenvalue weighted by atomic mass is 9.87. The number of rotatable bonds is 0. The van der Waals surface area contributed by atoms with Crippen LogP contribution in [0.25, 0.3) is 21.3 Å². The Morgan fingerprint density at radius 3 is 1.81 bits per heavy atom. The van der Waals surface area contributed by atoms with Gasteiger partial charge >= 0.3 is 0 Å². The molecule has 0 N–H and O–H groups in total. The molecule has 4 aromatic rings. The third-order valence-corrected chi connectivity index (χ3v) is 5.34. The Hall–Kier alpha value is -2.33. The number of hydrogen-bond donors (Lipinski definition) is 0. The largest absolute Gasteiger partial charge is 0.253 e. The second-order valence-corrected chi connectivity index (χ2v) is 9.68. The maximum absolute atomic E-state index is 4.31. The summed E-state index contributed by atoms with van der Waals surface area (Å²) >= 11 is 1.70. The van der Waals surface area contributed by atoms with Crippen LogP contribution in [0.4, 0.5) is 0 Å². The van der Waals surface area contributed by atoms with Gasteiger partial charge in [-0.1, -0.05) is 53.7 Å². The molecule has 0 radical (unpaired) electrons. The van der Waals surface area contributed by atoms with Crippen LogP contribution in [0, 0.1) is 0 Å². The predicted molar refractivity (Wildman–Crippen MR) is 117 cm³/mol. The average molecular weight is 378 g/mol. The standard InChI is InChI=1S/C12H14N2.C11H13NS/c1-12(2,3)9-4-5-10-11(8-9)14-7-6-13-10;1-11(2,3)8-4-5-10-9(6-8)12-7-13-10/h4-8H,1-3H3;4-7H,1-3H3. The van der Waals surface area contributed by atoms with Crippen molar-refractivity contribution in [2.24, 2.45) is 0 Å². The van der Waals surface area contributed by atoms with Gasteiger partial charge in [-0.25, -0.2) is 4.98 Å². The van der Waals surface area contributed by atoms with Gasteiger partial charge < -0.3 is 0 Å². The first kappa shape index (κ1) is 19.4. The number of benzene rings is 2. The van der Waals surface area contributed by atoms with Gasteiger partial charge in [-0.3, -0.25) is 9.97 Å². The van der Waals surface area contributed by atoms with Crippen LogP contribution >= 0.6 is 11.3 Å². The smallest absolute Gasteiger partial charge is 0.0889 e. The van der Waals surface area contributed by atoms with E-state index in [9.17, 15) is 0 Å². The quantitative estimate of drug-likeness (QED) is 0.350. The fraction of sp³-hybridized carbons (Fsp3) is 0.348. The number of aromatic nitrogens is 3. The van der Waals surface area contributed by atoms with Gasteiger partial charge in [0.1, 0.15) is 0 Å². The summed E-state index contributed by atoms with van der Waals surface area (Å²) in [5.74, 6) is 0. The lowest BCUT2D eigenvalue weighted by molar-refractivity contribution is 0.590. The Labute approximate surface area is 165 Å². The van der Waals surface area contributed by atoms with Crippen molar-refractivity contribution in [3.8, 4) is 0 Å². The van der Waals surface area contributed by atoms with Gasteiger partial charge in [-0.05, 0) is 46.2 Å². The Bertz CT molecular complexity index is 1050. The van der Waals surface area contributed by atoms with Gasteiger partial charge in [-0.2, -0.15) is 0 Å². The van der Waals surface area contributed by atoms with E-state index < -0.39 is 0 Å². The first-order chi connectivity index (χ1) is 12.6. The lowest BCUT2D eigenvalue weighted by Crippen LogP contribution is -2.10. The van der Waals surface area contributed by atoms with E-state index in [2.05, 4.69) is 86.8 Å². The second-order valence-electron chi connectivity index (χ2n) is 8.79. The van der Waals surface area contributed by atoms with Crippen LogP contribution in [0.1, 0.15) is 52.7 Å². The molecule has 2 heterocycles. The van der Waals surface area contributed by atoms with Crippen LogP contribution in [0.2, 0.25) is 0 Å². The van der Waals surface area contributed by atoms with Gasteiger partial charge in [0.25, 0.3) is 0 Å². The van der Waals surface area contributed by atoms with Gasteiger partial charge in [0.15, 0.2) is 0 Å². The molecule has 4 heteroatoms. The number of hydrogen-bond acceptors (Lipinski definition) is 4. The molecule has 0 unspecified atom stereocenters. The number of fused-ring (bicyclic) bond motifs is 2. The summed E-state index contributed by atoms with van der Waals surface area (Å²) in [7, 11) is 0. The molecule has 27 heavy (non-hydrogen) atoms. The van der Waals surface area contributed by atoms with E-state index in [-0.39, 0.29) is 10.8 Å². The van der Waals surface area contributed by atoms with Crippen molar-refractivity contribution in [2.75, 3.05) is 0 Å².